The molecule has 0 radical (unpaired) electrons. The van der Waals surface area contributed by atoms with Gasteiger partial charge in [0.05, 0.1) is 9.92 Å². The molecule has 170 valence electrons. The molecule has 3 rings (SSSR count). The Hall–Kier alpha value is -2.65. The van der Waals surface area contributed by atoms with Gasteiger partial charge in [-0.2, -0.15) is 4.31 Å². The van der Waals surface area contributed by atoms with E-state index in [9.17, 15) is 18.4 Å². The van der Waals surface area contributed by atoms with Crippen LogP contribution in [-0.4, -0.2) is 43.0 Å². The number of halogens is 1. The van der Waals surface area contributed by atoms with Gasteiger partial charge in [-0.05, 0) is 41.0 Å². The highest BCUT2D eigenvalue weighted by atomic mass is 35.5. The van der Waals surface area contributed by atoms with Crippen molar-refractivity contribution in [3.05, 3.63) is 71.8 Å². The zero-order chi connectivity index (χ0) is 23.3. The molecule has 0 aliphatic rings. The van der Waals surface area contributed by atoms with Gasteiger partial charge in [-0.15, -0.1) is 0 Å². The van der Waals surface area contributed by atoms with Crippen molar-refractivity contribution in [3.63, 3.8) is 0 Å². The molecular weight excluding hydrogens is 452 g/mol. The summed E-state index contributed by atoms with van der Waals surface area (Å²) in [5.41, 5.74) is 1.59. The summed E-state index contributed by atoms with van der Waals surface area (Å²) in [5.74, 6) is -0.829. The molecular formula is C23H25ClN2O5S. The van der Waals surface area contributed by atoms with Crippen LogP contribution >= 0.6 is 11.6 Å². The molecule has 3 aromatic rings. The Bertz CT molecular complexity index is 1200. The normalized spacial score (nSPS) is 12.8. The number of hydrogen-bond donors (Lipinski definition) is 2. The van der Waals surface area contributed by atoms with Gasteiger partial charge in [-0.25, -0.2) is 13.9 Å². The number of carbonyl (C=O) groups excluding carboxylic acids is 1. The molecule has 1 atom stereocenters. The molecule has 0 saturated carbocycles. The monoisotopic (exact) mass is 476 g/mol. The Labute approximate surface area is 192 Å². The summed E-state index contributed by atoms with van der Waals surface area (Å²) in [7, 11) is -4.11. The van der Waals surface area contributed by atoms with Crippen molar-refractivity contribution in [2.75, 3.05) is 13.2 Å². The minimum Gasteiger partial charge on any atom is -0.491 e. The first kappa shape index (κ1) is 24.0. The van der Waals surface area contributed by atoms with Crippen LogP contribution < -0.4 is 10.2 Å². The van der Waals surface area contributed by atoms with Crippen LogP contribution in [-0.2, 0) is 14.8 Å². The van der Waals surface area contributed by atoms with Crippen molar-refractivity contribution in [3.8, 4) is 5.75 Å². The van der Waals surface area contributed by atoms with Crippen LogP contribution in [0.3, 0.4) is 0 Å². The maximum atomic E-state index is 13.6. The van der Waals surface area contributed by atoms with Crippen molar-refractivity contribution >= 4 is 38.3 Å². The van der Waals surface area contributed by atoms with Crippen LogP contribution in [0.2, 0.25) is 5.02 Å². The maximum absolute atomic E-state index is 13.6. The van der Waals surface area contributed by atoms with E-state index in [1.807, 2.05) is 24.3 Å². The molecule has 1 amide bonds. The maximum Gasteiger partial charge on any atom is 0.262 e. The molecule has 0 fully saturated rings. The number of nitrogens with one attached hydrogen (secondary N) is 1. The van der Waals surface area contributed by atoms with Crippen molar-refractivity contribution < 1.29 is 23.2 Å². The number of nitrogens with zero attached hydrogens (tertiary/aromatic N) is 1. The van der Waals surface area contributed by atoms with Crippen LogP contribution in [0, 0.1) is 5.92 Å². The zero-order valence-electron chi connectivity index (χ0n) is 17.7. The summed E-state index contributed by atoms with van der Waals surface area (Å²) in [6, 6.07) is 17.9. The molecule has 32 heavy (non-hydrogen) atoms. The van der Waals surface area contributed by atoms with Crippen LogP contribution in [0.15, 0.2) is 71.6 Å². The Morgan fingerprint density at radius 2 is 1.72 bits per heavy atom. The number of rotatable bonds is 9. The summed E-state index contributed by atoms with van der Waals surface area (Å²) in [4.78, 5) is 12.5. The van der Waals surface area contributed by atoms with E-state index < -0.39 is 27.9 Å². The van der Waals surface area contributed by atoms with E-state index in [0.717, 1.165) is 15.1 Å². The minimum absolute atomic E-state index is 0.0432. The SMILES string of the molecule is CC(C)[C@H](C(=O)NO)N(CCOc1ccccc1Cl)S(=O)(=O)c1ccc2ccccc2c1. The molecule has 3 aromatic carbocycles. The van der Waals surface area contributed by atoms with E-state index in [1.54, 1.807) is 55.7 Å². The molecule has 0 spiro atoms. The number of amides is 1. The third-order valence-corrected chi connectivity index (χ3v) is 7.24. The summed E-state index contributed by atoms with van der Waals surface area (Å²) >= 11 is 6.11. The lowest BCUT2D eigenvalue weighted by molar-refractivity contribution is -0.134. The van der Waals surface area contributed by atoms with Crippen molar-refractivity contribution in [1.82, 2.24) is 9.79 Å². The quantitative estimate of drug-likeness (QED) is 0.358. The van der Waals surface area contributed by atoms with E-state index in [2.05, 4.69) is 0 Å². The predicted octanol–water partition coefficient (Wildman–Crippen LogP) is 4.09. The van der Waals surface area contributed by atoms with Gasteiger partial charge in [-0.1, -0.05) is 67.9 Å². The first-order chi connectivity index (χ1) is 15.3. The smallest absolute Gasteiger partial charge is 0.262 e. The molecule has 0 heterocycles. The fourth-order valence-electron chi connectivity index (χ4n) is 3.51. The number of hydrogen-bond acceptors (Lipinski definition) is 5. The molecule has 7 nitrogen and oxygen atoms in total. The molecule has 0 unspecified atom stereocenters. The molecule has 0 saturated heterocycles. The molecule has 0 aromatic heterocycles. The number of sulfonamides is 1. The molecule has 0 aliphatic carbocycles. The average Bonchev–Trinajstić information content (AvgIpc) is 2.78. The number of ether oxygens (including phenoxy) is 1. The summed E-state index contributed by atoms with van der Waals surface area (Å²) in [5, 5.41) is 11.3. The first-order valence-electron chi connectivity index (χ1n) is 10.1. The van der Waals surface area contributed by atoms with Gasteiger partial charge >= 0.3 is 0 Å². The topological polar surface area (TPSA) is 95.9 Å². The van der Waals surface area contributed by atoms with E-state index >= 15 is 0 Å². The molecule has 2 N–H and O–H groups in total. The molecule has 0 bridgehead atoms. The van der Waals surface area contributed by atoms with E-state index in [0.29, 0.717) is 10.8 Å². The Morgan fingerprint density at radius 3 is 2.38 bits per heavy atom. The number of hydroxylamine groups is 1. The van der Waals surface area contributed by atoms with Gasteiger partial charge in [0.2, 0.25) is 10.0 Å². The summed E-state index contributed by atoms with van der Waals surface area (Å²) < 4.78 is 34.0. The van der Waals surface area contributed by atoms with Crippen molar-refractivity contribution in [2.45, 2.75) is 24.8 Å². The summed E-state index contributed by atoms with van der Waals surface area (Å²) in [6.07, 6.45) is 0. The van der Waals surface area contributed by atoms with Gasteiger partial charge in [0.1, 0.15) is 18.4 Å². The van der Waals surface area contributed by atoms with Crippen LogP contribution in [0.1, 0.15) is 13.8 Å². The largest absolute Gasteiger partial charge is 0.491 e. The molecule has 9 heteroatoms. The van der Waals surface area contributed by atoms with Gasteiger partial charge in [0.25, 0.3) is 5.91 Å². The van der Waals surface area contributed by atoms with Gasteiger partial charge < -0.3 is 4.74 Å². The highest BCUT2D eigenvalue weighted by Crippen LogP contribution is 2.27. The number of carbonyl (C=O) groups is 1. The van der Waals surface area contributed by atoms with E-state index in [4.69, 9.17) is 16.3 Å². The second-order valence-corrected chi connectivity index (χ2v) is 9.87. The zero-order valence-corrected chi connectivity index (χ0v) is 19.3. The highest BCUT2D eigenvalue weighted by Gasteiger charge is 2.38. The lowest BCUT2D eigenvalue weighted by atomic mass is 10.0. The fraction of sp³-hybridized carbons (Fsp3) is 0.261. The number of fused-ring (bicyclic) bond motifs is 1. The van der Waals surface area contributed by atoms with Crippen LogP contribution in [0.25, 0.3) is 10.8 Å². The minimum atomic E-state index is -4.11. The third kappa shape index (κ3) is 5.21. The number of benzene rings is 3. The van der Waals surface area contributed by atoms with E-state index in [-0.39, 0.29) is 18.0 Å². The van der Waals surface area contributed by atoms with Crippen molar-refractivity contribution in [1.29, 1.82) is 0 Å². The molecule has 0 aliphatic heterocycles. The van der Waals surface area contributed by atoms with Gasteiger partial charge in [0.15, 0.2) is 0 Å². The predicted molar refractivity (Wildman–Crippen MR) is 123 cm³/mol. The standard InChI is InChI=1S/C23H25ClN2O5S/c1-16(2)22(23(27)25-28)26(13-14-31-21-10-6-5-9-20(21)24)32(29,30)19-12-11-17-7-3-4-8-18(17)15-19/h3-12,15-16,22,28H,13-14H2,1-2H3,(H,25,27)/t22-/m1/s1. The highest BCUT2D eigenvalue weighted by molar-refractivity contribution is 7.89. The van der Waals surface area contributed by atoms with Gasteiger partial charge in [0, 0.05) is 6.54 Å². The Kier molecular flexibility index (Phi) is 7.73. The van der Waals surface area contributed by atoms with E-state index in [1.165, 1.54) is 6.07 Å². The average molecular weight is 477 g/mol. The second kappa shape index (κ2) is 10.3. The lowest BCUT2D eigenvalue weighted by Gasteiger charge is -2.32. The summed E-state index contributed by atoms with van der Waals surface area (Å²) in [6.45, 7) is 3.24. The number of para-hydroxylation sites is 1. The second-order valence-electron chi connectivity index (χ2n) is 7.57. The van der Waals surface area contributed by atoms with Crippen LogP contribution in [0.5, 0.6) is 5.75 Å². The van der Waals surface area contributed by atoms with Gasteiger partial charge in [-0.3, -0.25) is 10.0 Å². The fourth-order valence-corrected chi connectivity index (χ4v) is 5.44. The third-order valence-electron chi connectivity index (χ3n) is 5.05. The van der Waals surface area contributed by atoms with Crippen molar-refractivity contribution in [2.24, 2.45) is 5.92 Å². The lowest BCUT2D eigenvalue weighted by Crippen LogP contribution is -2.52. The van der Waals surface area contributed by atoms with Crippen LogP contribution in [0.4, 0.5) is 0 Å². The first-order valence-corrected chi connectivity index (χ1v) is 11.9. The Balaban J connectivity index is 1.97. The Morgan fingerprint density at radius 1 is 1.06 bits per heavy atom.